The lowest BCUT2D eigenvalue weighted by molar-refractivity contribution is -0.147. The number of ether oxygens (including phenoxy) is 1. The molecular formula is C30H36N2O6S. The van der Waals surface area contributed by atoms with Crippen LogP contribution in [-0.4, -0.2) is 60.5 Å². The van der Waals surface area contributed by atoms with Crippen LogP contribution in [0.4, 0.5) is 0 Å². The van der Waals surface area contributed by atoms with Crippen molar-refractivity contribution in [2.24, 2.45) is 10.8 Å². The fourth-order valence-corrected chi connectivity index (χ4v) is 6.95. The number of likely N-dealkylation sites (tertiary alicyclic amines) is 1. The van der Waals surface area contributed by atoms with Gasteiger partial charge in [-0.2, -0.15) is 0 Å². The SMILES string of the molecule is Cc1cc(COc2ccc(S(=O)(=O)CC3(CC(=O)CO)CN(C(=O)CC(C)(C)C)C3)cc2)c2ccccc2n1. The first-order chi connectivity index (χ1) is 18.3. The average Bonchev–Trinajstić information content (AvgIpc) is 2.84. The van der Waals surface area contributed by atoms with Gasteiger partial charge in [-0.25, -0.2) is 8.42 Å². The molecule has 8 nitrogen and oxygen atoms in total. The third-order valence-corrected chi connectivity index (χ3v) is 8.82. The van der Waals surface area contributed by atoms with Crippen LogP contribution in [0, 0.1) is 17.8 Å². The maximum atomic E-state index is 13.4. The zero-order valence-corrected chi connectivity index (χ0v) is 23.8. The van der Waals surface area contributed by atoms with E-state index in [4.69, 9.17) is 4.74 Å². The largest absolute Gasteiger partial charge is 0.489 e. The Labute approximate surface area is 229 Å². The first-order valence-corrected chi connectivity index (χ1v) is 14.7. The predicted molar refractivity (Wildman–Crippen MR) is 149 cm³/mol. The lowest BCUT2D eigenvalue weighted by Crippen LogP contribution is -2.62. The van der Waals surface area contributed by atoms with Crippen LogP contribution in [0.15, 0.2) is 59.5 Å². The normalized spacial score (nSPS) is 15.2. The zero-order valence-electron chi connectivity index (χ0n) is 22.9. The number of sulfone groups is 1. The van der Waals surface area contributed by atoms with Crippen molar-refractivity contribution < 1.29 is 27.9 Å². The van der Waals surface area contributed by atoms with Crippen molar-refractivity contribution >= 4 is 32.4 Å². The van der Waals surface area contributed by atoms with Crippen molar-refractivity contribution in [2.75, 3.05) is 25.4 Å². The highest BCUT2D eigenvalue weighted by Crippen LogP contribution is 2.39. The van der Waals surface area contributed by atoms with Gasteiger partial charge in [0.15, 0.2) is 15.6 Å². The van der Waals surface area contributed by atoms with Gasteiger partial charge >= 0.3 is 0 Å². The molecule has 0 aliphatic carbocycles. The van der Waals surface area contributed by atoms with E-state index >= 15 is 0 Å². The molecule has 39 heavy (non-hydrogen) atoms. The van der Waals surface area contributed by atoms with Gasteiger partial charge in [-0.3, -0.25) is 14.6 Å². The molecule has 208 valence electrons. The highest BCUT2D eigenvalue weighted by Gasteiger charge is 2.49. The van der Waals surface area contributed by atoms with E-state index in [1.54, 1.807) is 17.0 Å². The number of nitrogens with zero attached hydrogens (tertiary/aromatic N) is 2. The fraction of sp³-hybridized carbons (Fsp3) is 0.433. The molecule has 4 rings (SSSR count). The quantitative estimate of drug-likeness (QED) is 0.403. The smallest absolute Gasteiger partial charge is 0.223 e. The van der Waals surface area contributed by atoms with Crippen LogP contribution < -0.4 is 4.74 Å². The standard InChI is InChI=1S/C30H36N2O6S/c1-21-13-22(26-7-5-6-8-27(26)31-21)17-38-24-9-11-25(12-10-24)39(36,37)20-30(14-23(34)16-33)18-32(19-30)28(35)15-29(2,3)4/h5-13,33H,14-20H2,1-4H3. The minimum Gasteiger partial charge on any atom is -0.489 e. The molecule has 2 aromatic carbocycles. The van der Waals surface area contributed by atoms with Gasteiger partial charge in [-0.1, -0.05) is 39.0 Å². The third kappa shape index (κ3) is 7.02. The van der Waals surface area contributed by atoms with Gasteiger partial charge in [0.25, 0.3) is 0 Å². The van der Waals surface area contributed by atoms with Gasteiger partial charge in [-0.05, 0) is 48.7 Å². The summed E-state index contributed by atoms with van der Waals surface area (Å²) < 4.78 is 32.7. The summed E-state index contributed by atoms with van der Waals surface area (Å²) in [5.41, 5.74) is 1.65. The summed E-state index contributed by atoms with van der Waals surface area (Å²) in [5.74, 6) is -0.255. The first-order valence-electron chi connectivity index (χ1n) is 13.0. The number of Topliss-reactive ketones (excluding diaryl/α,β-unsaturated/α-hetero) is 1. The van der Waals surface area contributed by atoms with Crippen LogP contribution in [0.3, 0.4) is 0 Å². The van der Waals surface area contributed by atoms with E-state index in [-0.39, 0.29) is 41.5 Å². The number of aliphatic hydroxyl groups is 1. The number of rotatable bonds is 10. The van der Waals surface area contributed by atoms with Crippen LogP contribution in [-0.2, 0) is 26.0 Å². The Balaban J connectivity index is 1.45. The number of benzene rings is 2. The Morgan fingerprint density at radius 1 is 1.08 bits per heavy atom. The third-order valence-electron chi connectivity index (χ3n) is 6.84. The molecule has 1 N–H and O–H groups in total. The van der Waals surface area contributed by atoms with Gasteiger partial charge in [0.1, 0.15) is 19.0 Å². The van der Waals surface area contributed by atoms with E-state index in [9.17, 15) is 23.1 Å². The second-order valence-corrected chi connectivity index (χ2v) is 13.8. The highest BCUT2D eigenvalue weighted by molar-refractivity contribution is 7.91. The van der Waals surface area contributed by atoms with Crippen LogP contribution >= 0.6 is 0 Å². The summed E-state index contributed by atoms with van der Waals surface area (Å²) in [4.78, 5) is 31.0. The number of carbonyl (C=O) groups is 2. The van der Waals surface area contributed by atoms with Gasteiger partial charge in [0.2, 0.25) is 5.91 Å². The van der Waals surface area contributed by atoms with E-state index in [1.807, 2.05) is 58.0 Å². The maximum absolute atomic E-state index is 13.4. The minimum atomic E-state index is -3.77. The van der Waals surface area contributed by atoms with Gasteiger partial charge in [0.05, 0.1) is 16.2 Å². The summed E-state index contributed by atoms with van der Waals surface area (Å²) in [6, 6.07) is 16.1. The molecule has 1 aromatic heterocycles. The lowest BCUT2D eigenvalue weighted by atomic mass is 9.76. The zero-order chi connectivity index (χ0) is 28.4. The molecule has 3 aromatic rings. The Bertz CT molecular complexity index is 1470. The Kier molecular flexibility index (Phi) is 8.14. The molecule has 9 heteroatoms. The second kappa shape index (κ2) is 11.1. The number of aromatic nitrogens is 1. The van der Waals surface area contributed by atoms with Gasteiger partial charge < -0.3 is 14.7 Å². The van der Waals surface area contributed by atoms with Crippen molar-refractivity contribution in [3.05, 3.63) is 65.9 Å². The molecule has 0 spiro atoms. The van der Waals surface area contributed by atoms with Crippen LogP contribution in [0.1, 0.15) is 44.9 Å². The molecule has 1 saturated heterocycles. The number of ketones is 1. The number of aliphatic hydroxyl groups excluding tert-OH is 1. The van der Waals surface area contributed by atoms with Crippen molar-refractivity contribution in [3.8, 4) is 5.75 Å². The molecule has 1 fully saturated rings. The number of para-hydroxylation sites is 1. The molecule has 2 heterocycles. The molecule has 0 atom stereocenters. The van der Waals surface area contributed by atoms with Crippen molar-refractivity contribution in [1.29, 1.82) is 0 Å². The molecule has 0 saturated carbocycles. The Morgan fingerprint density at radius 3 is 2.38 bits per heavy atom. The molecular weight excluding hydrogens is 516 g/mol. The van der Waals surface area contributed by atoms with Gasteiger partial charge in [0, 0.05) is 48.0 Å². The van der Waals surface area contributed by atoms with Crippen molar-refractivity contribution in [3.63, 3.8) is 0 Å². The van der Waals surface area contributed by atoms with Crippen LogP contribution in [0.5, 0.6) is 5.75 Å². The van der Waals surface area contributed by atoms with Crippen LogP contribution in [0.25, 0.3) is 10.9 Å². The summed E-state index contributed by atoms with van der Waals surface area (Å²) in [6.07, 6.45) is 0.239. The number of hydrogen-bond donors (Lipinski definition) is 1. The molecule has 1 aliphatic heterocycles. The fourth-order valence-electron chi connectivity index (χ4n) is 5.14. The lowest BCUT2D eigenvalue weighted by Gasteiger charge is -2.50. The molecule has 0 bridgehead atoms. The van der Waals surface area contributed by atoms with E-state index in [0.29, 0.717) is 18.8 Å². The van der Waals surface area contributed by atoms with Crippen molar-refractivity contribution in [1.82, 2.24) is 9.88 Å². The number of hydrogen-bond acceptors (Lipinski definition) is 7. The number of amides is 1. The first kappa shape index (κ1) is 28.7. The van der Waals surface area contributed by atoms with Crippen molar-refractivity contribution in [2.45, 2.75) is 52.0 Å². The average molecular weight is 553 g/mol. The van der Waals surface area contributed by atoms with Crippen LogP contribution in [0.2, 0.25) is 0 Å². The number of pyridine rings is 1. The summed E-state index contributed by atoms with van der Waals surface area (Å²) >= 11 is 0. The summed E-state index contributed by atoms with van der Waals surface area (Å²) in [7, 11) is -3.77. The maximum Gasteiger partial charge on any atom is 0.223 e. The number of carbonyl (C=O) groups excluding carboxylic acids is 2. The van der Waals surface area contributed by atoms with E-state index in [1.165, 1.54) is 12.1 Å². The van der Waals surface area contributed by atoms with Gasteiger partial charge in [-0.15, -0.1) is 0 Å². The Morgan fingerprint density at radius 2 is 1.74 bits per heavy atom. The highest BCUT2D eigenvalue weighted by atomic mass is 32.2. The second-order valence-electron chi connectivity index (χ2n) is 11.8. The molecule has 1 amide bonds. The van der Waals surface area contributed by atoms with E-state index in [0.717, 1.165) is 22.2 Å². The molecule has 0 unspecified atom stereocenters. The monoisotopic (exact) mass is 552 g/mol. The summed E-state index contributed by atoms with van der Waals surface area (Å²) in [6.45, 7) is 7.82. The molecule has 1 aliphatic rings. The van der Waals surface area contributed by atoms with E-state index in [2.05, 4.69) is 4.98 Å². The predicted octanol–water partition coefficient (Wildman–Crippen LogP) is 4.11. The minimum absolute atomic E-state index is 0.0642. The van der Waals surface area contributed by atoms with E-state index < -0.39 is 27.6 Å². The topological polar surface area (TPSA) is 114 Å². The Hall–Kier alpha value is -3.30. The number of fused-ring (bicyclic) bond motifs is 1. The summed E-state index contributed by atoms with van der Waals surface area (Å²) in [5, 5.41) is 10.3. The molecule has 0 radical (unpaired) electrons. The number of aryl methyl sites for hydroxylation is 1.